The summed E-state index contributed by atoms with van der Waals surface area (Å²) in [6, 6.07) is 7.38. The van der Waals surface area contributed by atoms with Gasteiger partial charge in [-0.2, -0.15) is 13.2 Å². The molecule has 126 valence electrons. The highest BCUT2D eigenvalue weighted by molar-refractivity contribution is 5.94. The number of amides is 1. The second kappa shape index (κ2) is 7.49. The molecule has 0 fully saturated rings. The summed E-state index contributed by atoms with van der Waals surface area (Å²) < 4.78 is 47.3. The molecule has 0 aliphatic rings. The van der Waals surface area contributed by atoms with Crippen molar-refractivity contribution in [3.63, 3.8) is 0 Å². The minimum Gasteiger partial charge on any atom is -0.465 e. The normalized spacial score (nSPS) is 11.5. The van der Waals surface area contributed by atoms with Gasteiger partial charge in [0.05, 0.1) is 11.8 Å². The molecular weight excluding hydrogens is 327 g/mol. The Bertz CT molecular complexity index is 736. The molecule has 0 aliphatic heterocycles. The number of anilines is 1. The number of carbonyl (C=O) groups is 2. The lowest BCUT2D eigenvalue weighted by Crippen LogP contribution is -2.20. The molecule has 8 heteroatoms. The SMILES string of the molecule is O=C(COC(=O)C=Cc1ccco1)Nc1cccc(C(F)(F)F)c1. The zero-order chi connectivity index (χ0) is 17.6. The molecule has 0 atom stereocenters. The molecule has 24 heavy (non-hydrogen) atoms. The summed E-state index contributed by atoms with van der Waals surface area (Å²) in [6.07, 6.45) is -0.666. The van der Waals surface area contributed by atoms with Crippen molar-refractivity contribution in [3.05, 3.63) is 60.1 Å². The molecule has 1 aromatic heterocycles. The third-order valence-electron chi connectivity index (χ3n) is 2.75. The number of rotatable bonds is 5. The van der Waals surface area contributed by atoms with Crippen molar-refractivity contribution in [3.8, 4) is 0 Å². The Morgan fingerprint density at radius 2 is 2.00 bits per heavy atom. The van der Waals surface area contributed by atoms with E-state index in [0.717, 1.165) is 24.3 Å². The van der Waals surface area contributed by atoms with Crippen LogP contribution < -0.4 is 5.32 Å². The van der Waals surface area contributed by atoms with Crippen LogP contribution in [0.4, 0.5) is 18.9 Å². The standard InChI is InChI=1S/C16H12F3NO4/c17-16(18,19)11-3-1-4-12(9-11)20-14(21)10-24-15(22)7-6-13-5-2-8-23-13/h1-9H,10H2,(H,20,21). The largest absolute Gasteiger partial charge is 0.465 e. The highest BCUT2D eigenvalue weighted by Gasteiger charge is 2.30. The number of hydrogen-bond acceptors (Lipinski definition) is 4. The van der Waals surface area contributed by atoms with Crippen LogP contribution in [0.2, 0.25) is 0 Å². The smallest absolute Gasteiger partial charge is 0.416 e. The van der Waals surface area contributed by atoms with E-state index in [4.69, 9.17) is 4.42 Å². The summed E-state index contributed by atoms with van der Waals surface area (Å²) in [4.78, 5) is 23.0. The van der Waals surface area contributed by atoms with Crippen LogP contribution in [0.1, 0.15) is 11.3 Å². The van der Waals surface area contributed by atoms with E-state index in [9.17, 15) is 22.8 Å². The van der Waals surface area contributed by atoms with E-state index in [1.807, 2.05) is 0 Å². The van der Waals surface area contributed by atoms with Gasteiger partial charge in [0, 0.05) is 11.8 Å². The van der Waals surface area contributed by atoms with Crippen LogP contribution in [-0.4, -0.2) is 18.5 Å². The molecule has 1 heterocycles. The number of nitrogens with one attached hydrogen (secondary N) is 1. The number of esters is 1. The first-order valence-electron chi connectivity index (χ1n) is 6.70. The van der Waals surface area contributed by atoms with E-state index in [1.54, 1.807) is 12.1 Å². The summed E-state index contributed by atoms with van der Waals surface area (Å²) in [5.41, 5.74) is -0.935. The second-order valence-electron chi connectivity index (χ2n) is 4.58. The van der Waals surface area contributed by atoms with E-state index in [1.165, 1.54) is 18.4 Å². The molecule has 1 N–H and O–H groups in total. The summed E-state index contributed by atoms with van der Waals surface area (Å²) in [7, 11) is 0. The average Bonchev–Trinajstić information content (AvgIpc) is 3.04. The van der Waals surface area contributed by atoms with Gasteiger partial charge in [0.15, 0.2) is 6.61 Å². The molecule has 0 bridgehead atoms. The van der Waals surface area contributed by atoms with Crippen LogP contribution in [0.15, 0.2) is 53.2 Å². The van der Waals surface area contributed by atoms with Crippen LogP contribution >= 0.6 is 0 Å². The van der Waals surface area contributed by atoms with E-state index in [0.29, 0.717) is 5.76 Å². The number of alkyl halides is 3. The third-order valence-corrected chi connectivity index (χ3v) is 2.75. The van der Waals surface area contributed by atoms with Gasteiger partial charge in [-0.3, -0.25) is 4.79 Å². The Hall–Kier alpha value is -3.03. The van der Waals surface area contributed by atoms with E-state index < -0.39 is 30.2 Å². The van der Waals surface area contributed by atoms with Gasteiger partial charge in [-0.25, -0.2) is 4.79 Å². The number of ether oxygens (including phenoxy) is 1. The monoisotopic (exact) mass is 339 g/mol. The maximum atomic E-state index is 12.6. The average molecular weight is 339 g/mol. The fourth-order valence-electron chi connectivity index (χ4n) is 1.69. The van der Waals surface area contributed by atoms with Crippen molar-refractivity contribution < 1.29 is 31.9 Å². The highest BCUT2D eigenvalue weighted by atomic mass is 19.4. The van der Waals surface area contributed by atoms with E-state index >= 15 is 0 Å². The van der Waals surface area contributed by atoms with Gasteiger partial charge in [0.2, 0.25) is 0 Å². The molecule has 2 rings (SSSR count). The lowest BCUT2D eigenvalue weighted by molar-refractivity contribution is -0.142. The van der Waals surface area contributed by atoms with E-state index in [-0.39, 0.29) is 5.69 Å². The Morgan fingerprint density at radius 3 is 2.67 bits per heavy atom. The van der Waals surface area contributed by atoms with Crippen molar-refractivity contribution in [2.45, 2.75) is 6.18 Å². The molecule has 1 amide bonds. The van der Waals surface area contributed by atoms with Crippen LogP contribution in [-0.2, 0) is 20.5 Å². The molecule has 5 nitrogen and oxygen atoms in total. The minimum atomic E-state index is -4.51. The molecular formula is C16H12F3NO4. The lowest BCUT2D eigenvalue weighted by atomic mass is 10.2. The molecule has 0 unspecified atom stereocenters. The van der Waals surface area contributed by atoms with Crippen LogP contribution in [0.3, 0.4) is 0 Å². The Labute approximate surface area is 134 Å². The van der Waals surface area contributed by atoms with Crippen LogP contribution in [0.5, 0.6) is 0 Å². The molecule has 0 aliphatic carbocycles. The van der Waals surface area contributed by atoms with Crippen molar-refractivity contribution in [1.29, 1.82) is 0 Å². The maximum Gasteiger partial charge on any atom is 0.416 e. The number of halogens is 3. The first-order valence-corrected chi connectivity index (χ1v) is 6.70. The predicted molar refractivity (Wildman–Crippen MR) is 78.8 cm³/mol. The number of benzene rings is 1. The van der Waals surface area contributed by atoms with Gasteiger partial charge in [-0.05, 0) is 36.4 Å². The van der Waals surface area contributed by atoms with E-state index in [2.05, 4.69) is 10.1 Å². The Balaban J connectivity index is 1.84. The van der Waals surface area contributed by atoms with Crippen molar-refractivity contribution in [2.24, 2.45) is 0 Å². The summed E-state index contributed by atoms with van der Waals surface area (Å²) >= 11 is 0. The summed E-state index contributed by atoms with van der Waals surface area (Å²) in [5, 5.41) is 2.22. The molecule has 2 aromatic rings. The first kappa shape index (κ1) is 17.3. The van der Waals surface area contributed by atoms with Gasteiger partial charge < -0.3 is 14.5 Å². The number of hydrogen-bond donors (Lipinski definition) is 1. The highest BCUT2D eigenvalue weighted by Crippen LogP contribution is 2.30. The summed E-state index contributed by atoms with van der Waals surface area (Å²) in [5.74, 6) is -1.11. The quantitative estimate of drug-likeness (QED) is 0.669. The van der Waals surface area contributed by atoms with Gasteiger partial charge >= 0.3 is 12.1 Å². The molecule has 1 aromatic carbocycles. The van der Waals surface area contributed by atoms with Crippen LogP contribution in [0, 0.1) is 0 Å². The van der Waals surface area contributed by atoms with Crippen molar-refractivity contribution in [2.75, 3.05) is 11.9 Å². The number of furan rings is 1. The number of carbonyl (C=O) groups excluding carboxylic acids is 2. The van der Waals surface area contributed by atoms with Crippen LogP contribution in [0.25, 0.3) is 6.08 Å². The molecule has 0 saturated heterocycles. The van der Waals surface area contributed by atoms with Gasteiger partial charge in [0.1, 0.15) is 5.76 Å². The van der Waals surface area contributed by atoms with Crippen molar-refractivity contribution in [1.82, 2.24) is 0 Å². The summed E-state index contributed by atoms with van der Waals surface area (Å²) in [6.45, 7) is -0.627. The lowest BCUT2D eigenvalue weighted by Gasteiger charge is -2.09. The first-order chi connectivity index (χ1) is 11.3. The van der Waals surface area contributed by atoms with Gasteiger partial charge in [-0.15, -0.1) is 0 Å². The zero-order valence-corrected chi connectivity index (χ0v) is 12.2. The zero-order valence-electron chi connectivity index (χ0n) is 12.2. The fourth-order valence-corrected chi connectivity index (χ4v) is 1.69. The Morgan fingerprint density at radius 1 is 1.21 bits per heavy atom. The second-order valence-corrected chi connectivity index (χ2v) is 4.58. The molecule has 0 saturated carbocycles. The predicted octanol–water partition coefficient (Wildman–Crippen LogP) is 3.49. The molecule has 0 spiro atoms. The fraction of sp³-hybridized carbons (Fsp3) is 0.125. The topological polar surface area (TPSA) is 68.5 Å². The maximum absolute atomic E-state index is 12.6. The minimum absolute atomic E-state index is 0.0444. The third kappa shape index (κ3) is 5.31. The van der Waals surface area contributed by atoms with Crippen molar-refractivity contribution >= 4 is 23.6 Å². The van der Waals surface area contributed by atoms with Gasteiger partial charge in [0.25, 0.3) is 5.91 Å². The Kier molecular flexibility index (Phi) is 5.41. The molecule has 0 radical (unpaired) electrons. The van der Waals surface area contributed by atoms with Gasteiger partial charge in [-0.1, -0.05) is 6.07 Å².